The summed E-state index contributed by atoms with van der Waals surface area (Å²) in [6.07, 6.45) is 0. The van der Waals surface area contributed by atoms with Gasteiger partial charge >= 0.3 is 0 Å². The highest BCUT2D eigenvalue weighted by Crippen LogP contribution is 2.18. The van der Waals surface area contributed by atoms with Gasteiger partial charge in [0.1, 0.15) is 17.4 Å². The standard InChI is InChI=1S/C22H28F2N4O2/c1-4-25-21(29)14-30-18-8-6-7-16(11-18)13-27-22(26-5-2)28-15(3)19-10-9-17(23)12-20(19)24/h6-12,15H,4-5,13-14H2,1-3H3,(H,25,29)(H2,26,27,28). The number of halogens is 2. The van der Waals surface area contributed by atoms with Crippen LogP contribution >= 0.6 is 0 Å². The van der Waals surface area contributed by atoms with Gasteiger partial charge in [0, 0.05) is 24.7 Å². The second-order valence-corrected chi connectivity index (χ2v) is 6.62. The van der Waals surface area contributed by atoms with Gasteiger partial charge in [-0.25, -0.2) is 13.8 Å². The largest absolute Gasteiger partial charge is 0.484 e. The quantitative estimate of drug-likeness (QED) is 0.432. The van der Waals surface area contributed by atoms with Crippen molar-refractivity contribution in [1.29, 1.82) is 0 Å². The van der Waals surface area contributed by atoms with E-state index in [0.717, 1.165) is 11.6 Å². The number of nitrogens with zero attached hydrogens (tertiary/aromatic N) is 1. The minimum atomic E-state index is -0.613. The van der Waals surface area contributed by atoms with Crippen LogP contribution in [0.1, 0.15) is 37.9 Å². The molecule has 162 valence electrons. The van der Waals surface area contributed by atoms with E-state index in [-0.39, 0.29) is 12.5 Å². The molecule has 0 heterocycles. The Balaban J connectivity index is 2.03. The van der Waals surface area contributed by atoms with Crippen molar-refractivity contribution in [3.8, 4) is 5.75 Å². The maximum Gasteiger partial charge on any atom is 0.257 e. The minimum Gasteiger partial charge on any atom is -0.484 e. The molecule has 1 unspecified atom stereocenters. The molecule has 8 heteroatoms. The number of ether oxygens (including phenoxy) is 1. The maximum absolute atomic E-state index is 14.0. The molecular formula is C22H28F2N4O2. The van der Waals surface area contributed by atoms with Crippen LogP contribution in [0.25, 0.3) is 0 Å². The number of hydrogen-bond donors (Lipinski definition) is 3. The molecule has 2 rings (SSSR count). The van der Waals surface area contributed by atoms with Crippen LogP contribution in [-0.2, 0) is 11.3 Å². The van der Waals surface area contributed by atoms with E-state index < -0.39 is 17.7 Å². The number of amides is 1. The molecular weight excluding hydrogens is 390 g/mol. The van der Waals surface area contributed by atoms with Crippen LogP contribution in [0.15, 0.2) is 47.5 Å². The lowest BCUT2D eigenvalue weighted by atomic mass is 10.1. The van der Waals surface area contributed by atoms with Crippen molar-refractivity contribution in [2.45, 2.75) is 33.4 Å². The Hall–Kier alpha value is -3.16. The number of rotatable bonds is 9. The van der Waals surface area contributed by atoms with Crippen molar-refractivity contribution in [1.82, 2.24) is 16.0 Å². The van der Waals surface area contributed by atoms with Gasteiger partial charge in [-0.2, -0.15) is 0 Å². The highest BCUT2D eigenvalue weighted by atomic mass is 19.1. The second kappa shape index (κ2) is 11.7. The first-order chi connectivity index (χ1) is 14.4. The van der Waals surface area contributed by atoms with E-state index in [1.165, 1.54) is 12.1 Å². The monoisotopic (exact) mass is 418 g/mol. The fourth-order valence-electron chi connectivity index (χ4n) is 2.76. The first-order valence-electron chi connectivity index (χ1n) is 9.91. The van der Waals surface area contributed by atoms with Crippen molar-refractivity contribution in [3.63, 3.8) is 0 Å². The van der Waals surface area contributed by atoms with Crippen LogP contribution < -0.4 is 20.7 Å². The van der Waals surface area contributed by atoms with Crippen molar-refractivity contribution in [3.05, 3.63) is 65.2 Å². The Bertz CT molecular complexity index is 874. The average Bonchev–Trinajstić information content (AvgIpc) is 2.71. The zero-order chi connectivity index (χ0) is 21.9. The molecule has 6 nitrogen and oxygen atoms in total. The smallest absolute Gasteiger partial charge is 0.257 e. The van der Waals surface area contributed by atoms with E-state index in [9.17, 15) is 13.6 Å². The van der Waals surface area contributed by atoms with E-state index in [4.69, 9.17) is 4.74 Å². The number of guanidine groups is 1. The zero-order valence-electron chi connectivity index (χ0n) is 17.5. The number of benzene rings is 2. The third kappa shape index (κ3) is 7.35. The van der Waals surface area contributed by atoms with E-state index in [2.05, 4.69) is 20.9 Å². The summed E-state index contributed by atoms with van der Waals surface area (Å²) in [5.74, 6) is -0.321. The van der Waals surface area contributed by atoms with Crippen LogP contribution in [0, 0.1) is 11.6 Å². The SMILES string of the molecule is CCNC(=O)COc1cccc(CN=C(NCC)NC(C)c2ccc(F)cc2F)c1. The minimum absolute atomic E-state index is 0.0501. The molecule has 0 bridgehead atoms. The van der Waals surface area contributed by atoms with Crippen LogP contribution in [-0.4, -0.2) is 31.6 Å². The molecule has 2 aromatic rings. The molecule has 3 N–H and O–H groups in total. The Kier molecular flexibility index (Phi) is 9.05. The lowest BCUT2D eigenvalue weighted by Gasteiger charge is -2.19. The lowest BCUT2D eigenvalue weighted by Crippen LogP contribution is -2.39. The molecule has 0 radical (unpaired) electrons. The summed E-state index contributed by atoms with van der Waals surface area (Å²) < 4.78 is 32.7. The van der Waals surface area contributed by atoms with Crippen LogP contribution in [0.3, 0.4) is 0 Å². The summed E-state index contributed by atoms with van der Waals surface area (Å²) in [5.41, 5.74) is 1.24. The van der Waals surface area contributed by atoms with Crippen LogP contribution in [0.4, 0.5) is 8.78 Å². The third-order valence-corrected chi connectivity index (χ3v) is 4.19. The fraction of sp³-hybridized carbons (Fsp3) is 0.364. The van der Waals surface area contributed by atoms with Crippen LogP contribution in [0.2, 0.25) is 0 Å². The lowest BCUT2D eigenvalue weighted by molar-refractivity contribution is -0.122. The summed E-state index contributed by atoms with van der Waals surface area (Å²) in [7, 11) is 0. The molecule has 2 aromatic carbocycles. The summed E-state index contributed by atoms with van der Waals surface area (Å²) in [4.78, 5) is 16.1. The number of nitrogens with one attached hydrogen (secondary N) is 3. The summed E-state index contributed by atoms with van der Waals surface area (Å²) in [6.45, 7) is 7.03. The normalized spacial score (nSPS) is 12.2. The number of likely N-dealkylation sites (N-methyl/N-ethyl adjacent to an activating group) is 1. The summed E-state index contributed by atoms with van der Waals surface area (Å²) in [6, 6.07) is 10.4. The van der Waals surface area contributed by atoms with Gasteiger partial charge in [-0.05, 0) is 44.5 Å². The number of aliphatic imine (C=N–C) groups is 1. The Morgan fingerprint density at radius 2 is 1.87 bits per heavy atom. The van der Waals surface area contributed by atoms with E-state index >= 15 is 0 Å². The first-order valence-corrected chi connectivity index (χ1v) is 9.91. The highest BCUT2D eigenvalue weighted by molar-refractivity contribution is 5.80. The molecule has 0 aromatic heterocycles. The van der Waals surface area contributed by atoms with Crippen molar-refractivity contribution in [2.75, 3.05) is 19.7 Å². The van der Waals surface area contributed by atoms with Gasteiger partial charge in [0.2, 0.25) is 0 Å². The molecule has 0 saturated heterocycles. The predicted octanol–water partition coefficient (Wildman–Crippen LogP) is 3.30. The molecule has 1 amide bonds. The maximum atomic E-state index is 14.0. The number of carbonyl (C=O) groups is 1. The van der Waals surface area contributed by atoms with Gasteiger partial charge in [0.05, 0.1) is 12.6 Å². The molecule has 30 heavy (non-hydrogen) atoms. The predicted molar refractivity (Wildman–Crippen MR) is 113 cm³/mol. The number of hydrogen-bond acceptors (Lipinski definition) is 3. The van der Waals surface area contributed by atoms with Crippen molar-refractivity contribution in [2.24, 2.45) is 4.99 Å². The Labute approximate surface area is 175 Å². The van der Waals surface area contributed by atoms with E-state index in [0.29, 0.717) is 36.9 Å². The highest BCUT2D eigenvalue weighted by Gasteiger charge is 2.13. The van der Waals surface area contributed by atoms with Crippen molar-refractivity contribution >= 4 is 11.9 Å². The van der Waals surface area contributed by atoms with E-state index in [1.54, 1.807) is 13.0 Å². The van der Waals surface area contributed by atoms with Crippen molar-refractivity contribution < 1.29 is 18.3 Å². The molecule has 0 saturated carbocycles. The zero-order valence-corrected chi connectivity index (χ0v) is 17.5. The van der Waals surface area contributed by atoms with Gasteiger partial charge in [0.15, 0.2) is 12.6 Å². The van der Waals surface area contributed by atoms with Crippen LogP contribution in [0.5, 0.6) is 5.75 Å². The first kappa shape index (κ1) is 23.1. The molecule has 0 aliphatic heterocycles. The molecule has 0 fully saturated rings. The third-order valence-electron chi connectivity index (χ3n) is 4.19. The average molecular weight is 418 g/mol. The summed E-state index contributed by atoms with van der Waals surface area (Å²) >= 11 is 0. The summed E-state index contributed by atoms with van der Waals surface area (Å²) in [5, 5.41) is 8.91. The molecule has 0 aliphatic carbocycles. The molecule has 0 spiro atoms. The Morgan fingerprint density at radius 3 is 2.57 bits per heavy atom. The second-order valence-electron chi connectivity index (χ2n) is 6.62. The topological polar surface area (TPSA) is 74.8 Å². The van der Waals surface area contributed by atoms with Gasteiger partial charge < -0.3 is 20.7 Å². The van der Waals surface area contributed by atoms with Gasteiger partial charge in [0.25, 0.3) is 5.91 Å². The number of carbonyl (C=O) groups excluding carboxylic acids is 1. The van der Waals surface area contributed by atoms with E-state index in [1.807, 2.05) is 32.0 Å². The van der Waals surface area contributed by atoms with Gasteiger partial charge in [-0.15, -0.1) is 0 Å². The van der Waals surface area contributed by atoms with Gasteiger partial charge in [-0.1, -0.05) is 18.2 Å². The Morgan fingerprint density at radius 1 is 1.10 bits per heavy atom. The molecule has 0 aliphatic rings. The molecule has 1 atom stereocenters. The van der Waals surface area contributed by atoms with Gasteiger partial charge in [-0.3, -0.25) is 4.79 Å². The fourth-order valence-corrected chi connectivity index (χ4v) is 2.76.